The van der Waals surface area contributed by atoms with Crippen LogP contribution in [0.25, 0.3) is 0 Å². The third-order valence-electron chi connectivity index (χ3n) is 2.07. The van der Waals surface area contributed by atoms with Crippen LogP contribution in [0.3, 0.4) is 0 Å². The van der Waals surface area contributed by atoms with Gasteiger partial charge in [-0.15, -0.1) is 0 Å². The van der Waals surface area contributed by atoms with Crippen molar-refractivity contribution < 1.29 is 9.53 Å². The zero-order chi connectivity index (χ0) is 11.6. The maximum atomic E-state index is 11.3. The van der Waals surface area contributed by atoms with E-state index in [0.29, 0.717) is 17.0 Å². The Morgan fingerprint density at radius 3 is 2.47 bits per heavy atom. The van der Waals surface area contributed by atoms with Gasteiger partial charge in [-0.05, 0) is 6.07 Å². The molecule has 0 atom stereocenters. The summed E-state index contributed by atoms with van der Waals surface area (Å²) in [5, 5.41) is 0. The lowest BCUT2D eigenvalue weighted by Crippen LogP contribution is -2.22. The number of ether oxygens (including phenoxy) is 1. The largest absolute Gasteiger partial charge is 0.495 e. The number of rotatable bonds is 2. The molecule has 0 saturated heterocycles. The fourth-order valence-corrected chi connectivity index (χ4v) is 1.34. The summed E-state index contributed by atoms with van der Waals surface area (Å²) < 4.78 is 5.00. The van der Waals surface area contributed by atoms with Gasteiger partial charge in [-0.2, -0.15) is 0 Å². The Bertz CT molecular complexity index is 381. The number of aromatic nitrogens is 1. The maximum Gasteiger partial charge on any atom is 0.250 e. The molecule has 0 aliphatic carbocycles. The van der Waals surface area contributed by atoms with Gasteiger partial charge in [0.25, 0.3) is 5.91 Å². The number of primary amides is 1. The second-order valence-corrected chi connectivity index (χ2v) is 4.39. The molecular formula is C11H16N2O2. The molecule has 4 heteroatoms. The van der Waals surface area contributed by atoms with Crippen LogP contribution in [-0.4, -0.2) is 18.0 Å². The fourth-order valence-electron chi connectivity index (χ4n) is 1.34. The number of methoxy groups -OCH3 is 1. The van der Waals surface area contributed by atoms with E-state index in [1.54, 1.807) is 12.3 Å². The van der Waals surface area contributed by atoms with Crippen molar-refractivity contribution in [3.63, 3.8) is 0 Å². The minimum absolute atomic E-state index is 0.212. The molecule has 0 spiro atoms. The van der Waals surface area contributed by atoms with Crippen molar-refractivity contribution in [3.05, 3.63) is 23.5 Å². The monoisotopic (exact) mass is 208 g/mol. The van der Waals surface area contributed by atoms with Gasteiger partial charge in [-0.25, -0.2) is 0 Å². The first kappa shape index (κ1) is 11.5. The summed E-state index contributed by atoms with van der Waals surface area (Å²) in [6, 6.07) is 1.62. The highest BCUT2D eigenvalue weighted by Gasteiger charge is 2.22. The van der Waals surface area contributed by atoms with Crippen LogP contribution in [0, 0.1) is 0 Å². The van der Waals surface area contributed by atoms with E-state index in [-0.39, 0.29) is 5.41 Å². The second-order valence-electron chi connectivity index (χ2n) is 4.39. The number of carbonyl (C=O) groups is 1. The van der Waals surface area contributed by atoms with Crippen molar-refractivity contribution in [1.82, 2.24) is 4.98 Å². The van der Waals surface area contributed by atoms with Gasteiger partial charge in [0, 0.05) is 5.41 Å². The number of hydrogen-bond donors (Lipinski definition) is 1. The van der Waals surface area contributed by atoms with E-state index in [4.69, 9.17) is 10.5 Å². The van der Waals surface area contributed by atoms with Gasteiger partial charge < -0.3 is 10.5 Å². The van der Waals surface area contributed by atoms with Gasteiger partial charge in [0.15, 0.2) is 0 Å². The van der Waals surface area contributed by atoms with Crippen molar-refractivity contribution in [1.29, 1.82) is 0 Å². The first-order chi connectivity index (χ1) is 6.86. The first-order valence-electron chi connectivity index (χ1n) is 4.70. The normalized spacial score (nSPS) is 11.2. The molecule has 1 amide bonds. The highest BCUT2D eigenvalue weighted by molar-refractivity contribution is 5.94. The molecule has 0 saturated carbocycles. The van der Waals surface area contributed by atoms with Gasteiger partial charge >= 0.3 is 0 Å². The zero-order valence-corrected chi connectivity index (χ0v) is 9.50. The molecule has 0 aliphatic heterocycles. The van der Waals surface area contributed by atoms with Crippen LogP contribution in [0.2, 0.25) is 0 Å². The Morgan fingerprint density at radius 1 is 1.47 bits per heavy atom. The van der Waals surface area contributed by atoms with E-state index in [9.17, 15) is 4.79 Å². The predicted octanol–water partition coefficient (Wildman–Crippen LogP) is 1.49. The Labute approximate surface area is 89.5 Å². The van der Waals surface area contributed by atoms with Crippen molar-refractivity contribution in [2.24, 2.45) is 5.73 Å². The molecular weight excluding hydrogens is 192 g/mol. The molecule has 82 valence electrons. The quantitative estimate of drug-likeness (QED) is 0.800. The van der Waals surface area contributed by atoms with Gasteiger partial charge in [-0.3, -0.25) is 9.78 Å². The number of pyridine rings is 1. The highest BCUT2D eigenvalue weighted by atomic mass is 16.5. The van der Waals surface area contributed by atoms with Crippen LogP contribution >= 0.6 is 0 Å². The lowest BCUT2D eigenvalue weighted by Gasteiger charge is -2.20. The minimum atomic E-state index is -0.480. The smallest absolute Gasteiger partial charge is 0.250 e. The molecule has 1 aromatic heterocycles. The van der Waals surface area contributed by atoms with E-state index >= 15 is 0 Å². The van der Waals surface area contributed by atoms with E-state index in [2.05, 4.69) is 4.98 Å². The third kappa shape index (κ3) is 2.46. The van der Waals surface area contributed by atoms with Gasteiger partial charge in [0.05, 0.1) is 24.6 Å². The number of hydrogen-bond acceptors (Lipinski definition) is 3. The summed E-state index contributed by atoms with van der Waals surface area (Å²) in [5.41, 5.74) is 6.20. The fraction of sp³-hybridized carbons (Fsp3) is 0.455. The molecule has 0 aromatic carbocycles. The van der Waals surface area contributed by atoms with Crippen molar-refractivity contribution in [2.45, 2.75) is 26.2 Å². The van der Waals surface area contributed by atoms with Crippen LogP contribution < -0.4 is 10.5 Å². The molecule has 15 heavy (non-hydrogen) atoms. The standard InChI is InChI=1S/C11H16N2O2/c1-11(2,3)9-8(10(12)14)5-7(15-4)6-13-9/h5-6H,1-4H3,(H2,12,14). The van der Waals surface area contributed by atoms with Gasteiger partial charge in [0.2, 0.25) is 0 Å². The summed E-state index contributed by atoms with van der Waals surface area (Å²) in [5.74, 6) is 0.0584. The highest BCUT2D eigenvalue weighted by Crippen LogP contribution is 2.25. The minimum Gasteiger partial charge on any atom is -0.495 e. The Morgan fingerprint density at radius 2 is 2.07 bits per heavy atom. The molecule has 0 unspecified atom stereocenters. The summed E-state index contributed by atoms with van der Waals surface area (Å²) >= 11 is 0. The number of nitrogens with two attached hydrogens (primary N) is 1. The van der Waals surface area contributed by atoms with Crippen molar-refractivity contribution in [3.8, 4) is 5.75 Å². The third-order valence-corrected chi connectivity index (χ3v) is 2.07. The van der Waals surface area contributed by atoms with Crippen LogP contribution in [0.5, 0.6) is 5.75 Å². The number of carbonyl (C=O) groups excluding carboxylic acids is 1. The number of nitrogens with zero attached hydrogens (tertiary/aromatic N) is 1. The van der Waals surface area contributed by atoms with Crippen LogP contribution in [0.1, 0.15) is 36.8 Å². The average Bonchev–Trinajstić information content (AvgIpc) is 2.15. The van der Waals surface area contributed by atoms with Crippen LogP contribution in [-0.2, 0) is 5.41 Å². The lowest BCUT2D eigenvalue weighted by atomic mass is 9.88. The van der Waals surface area contributed by atoms with Crippen molar-refractivity contribution in [2.75, 3.05) is 7.11 Å². The second kappa shape index (κ2) is 3.88. The average molecular weight is 208 g/mol. The first-order valence-corrected chi connectivity index (χ1v) is 4.70. The number of amides is 1. The predicted molar refractivity (Wildman–Crippen MR) is 58.0 cm³/mol. The SMILES string of the molecule is COc1cnc(C(C)(C)C)c(C(N)=O)c1. The molecule has 1 rings (SSSR count). The molecule has 2 N–H and O–H groups in total. The lowest BCUT2D eigenvalue weighted by molar-refractivity contribution is 0.0997. The van der Waals surface area contributed by atoms with Crippen LogP contribution in [0.15, 0.2) is 12.3 Å². The van der Waals surface area contributed by atoms with Gasteiger partial charge in [-0.1, -0.05) is 20.8 Å². The Balaban J connectivity index is 3.34. The van der Waals surface area contributed by atoms with E-state index in [1.165, 1.54) is 7.11 Å². The van der Waals surface area contributed by atoms with E-state index < -0.39 is 5.91 Å². The summed E-state index contributed by atoms with van der Waals surface area (Å²) in [6.45, 7) is 5.94. The van der Waals surface area contributed by atoms with E-state index in [0.717, 1.165) is 0 Å². The molecule has 0 aliphatic rings. The molecule has 4 nitrogen and oxygen atoms in total. The molecule has 0 fully saturated rings. The molecule has 0 bridgehead atoms. The zero-order valence-electron chi connectivity index (χ0n) is 9.50. The Hall–Kier alpha value is -1.58. The van der Waals surface area contributed by atoms with Crippen molar-refractivity contribution >= 4 is 5.91 Å². The maximum absolute atomic E-state index is 11.3. The summed E-state index contributed by atoms with van der Waals surface area (Å²) in [4.78, 5) is 15.5. The topological polar surface area (TPSA) is 65.2 Å². The molecule has 1 heterocycles. The van der Waals surface area contributed by atoms with Gasteiger partial charge in [0.1, 0.15) is 5.75 Å². The molecule has 1 aromatic rings. The summed E-state index contributed by atoms with van der Waals surface area (Å²) in [6.07, 6.45) is 1.59. The Kier molecular flexibility index (Phi) is 2.98. The molecule has 0 radical (unpaired) electrons. The van der Waals surface area contributed by atoms with Crippen LogP contribution in [0.4, 0.5) is 0 Å². The summed E-state index contributed by atoms with van der Waals surface area (Å²) in [7, 11) is 1.53. The van der Waals surface area contributed by atoms with E-state index in [1.807, 2.05) is 20.8 Å².